The number of carbonyl (C=O) groups excluding carboxylic acids is 1. The average Bonchev–Trinajstić information content (AvgIpc) is 2.30. The number of esters is 1. The van der Waals surface area contributed by atoms with Gasteiger partial charge in [0.2, 0.25) is 0 Å². The minimum absolute atomic E-state index is 0.372. The van der Waals surface area contributed by atoms with E-state index in [1.165, 1.54) is 7.11 Å². The van der Waals surface area contributed by atoms with Crippen molar-refractivity contribution in [2.45, 2.75) is 6.42 Å². The van der Waals surface area contributed by atoms with E-state index in [2.05, 4.69) is 4.74 Å². The highest BCUT2D eigenvalue weighted by molar-refractivity contribution is 6.33. The standard InChI is InChI=1S/C12H12Cl2O2/c1-16-12(15)10-8-9(4-2-3-7-13)5-6-11(10)14/h2,4-6,8H,3,7H2,1H3. The van der Waals surface area contributed by atoms with Crippen molar-refractivity contribution in [3.63, 3.8) is 0 Å². The summed E-state index contributed by atoms with van der Waals surface area (Å²) in [6.45, 7) is 0. The summed E-state index contributed by atoms with van der Waals surface area (Å²) in [6, 6.07) is 5.20. The molecule has 1 rings (SSSR count). The summed E-state index contributed by atoms with van der Waals surface area (Å²) >= 11 is 11.4. The normalized spacial score (nSPS) is 10.7. The molecule has 2 nitrogen and oxygen atoms in total. The van der Waals surface area contributed by atoms with Gasteiger partial charge in [-0.3, -0.25) is 0 Å². The van der Waals surface area contributed by atoms with Gasteiger partial charge in [0.05, 0.1) is 17.7 Å². The Kier molecular flexibility index (Phi) is 5.36. The zero-order chi connectivity index (χ0) is 12.0. The molecule has 0 aromatic heterocycles. The van der Waals surface area contributed by atoms with E-state index in [1.54, 1.807) is 12.1 Å². The third-order valence-corrected chi connectivity index (χ3v) is 2.53. The number of alkyl halides is 1. The molecule has 16 heavy (non-hydrogen) atoms. The van der Waals surface area contributed by atoms with Gasteiger partial charge in [-0.25, -0.2) is 4.79 Å². The van der Waals surface area contributed by atoms with Crippen LogP contribution in [0.1, 0.15) is 22.3 Å². The molecular formula is C12H12Cl2O2. The summed E-state index contributed by atoms with van der Waals surface area (Å²) in [6.07, 6.45) is 4.63. The molecule has 0 aliphatic rings. The fourth-order valence-electron chi connectivity index (χ4n) is 1.20. The van der Waals surface area contributed by atoms with Gasteiger partial charge in [-0.1, -0.05) is 29.8 Å². The zero-order valence-electron chi connectivity index (χ0n) is 8.87. The zero-order valence-corrected chi connectivity index (χ0v) is 10.4. The molecule has 86 valence electrons. The molecule has 0 saturated heterocycles. The van der Waals surface area contributed by atoms with E-state index < -0.39 is 5.97 Å². The third kappa shape index (κ3) is 3.54. The van der Waals surface area contributed by atoms with Crippen LogP contribution in [0.4, 0.5) is 0 Å². The summed E-state index contributed by atoms with van der Waals surface area (Å²) in [5.41, 5.74) is 1.27. The van der Waals surface area contributed by atoms with Gasteiger partial charge in [0.25, 0.3) is 0 Å². The highest BCUT2D eigenvalue weighted by Crippen LogP contribution is 2.19. The van der Waals surface area contributed by atoms with Gasteiger partial charge in [0.15, 0.2) is 0 Å². The van der Waals surface area contributed by atoms with Crippen molar-refractivity contribution < 1.29 is 9.53 Å². The number of rotatable bonds is 4. The van der Waals surface area contributed by atoms with Crippen molar-refractivity contribution >= 4 is 35.2 Å². The van der Waals surface area contributed by atoms with Crippen molar-refractivity contribution in [2.24, 2.45) is 0 Å². The fraction of sp³-hybridized carbons (Fsp3) is 0.250. The number of hydrogen-bond acceptors (Lipinski definition) is 2. The number of allylic oxidation sites excluding steroid dienone is 1. The van der Waals surface area contributed by atoms with Crippen LogP contribution in [0.25, 0.3) is 6.08 Å². The second-order valence-electron chi connectivity index (χ2n) is 3.11. The van der Waals surface area contributed by atoms with Crippen LogP contribution in [-0.2, 0) is 4.74 Å². The average molecular weight is 259 g/mol. The first-order chi connectivity index (χ1) is 7.69. The molecule has 0 unspecified atom stereocenters. The van der Waals surface area contributed by atoms with Crippen molar-refractivity contribution in [3.8, 4) is 0 Å². The molecule has 4 heteroatoms. The lowest BCUT2D eigenvalue weighted by Gasteiger charge is -2.03. The van der Waals surface area contributed by atoms with Gasteiger partial charge in [-0.05, 0) is 24.1 Å². The Balaban J connectivity index is 2.93. The Bertz CT molecular complexity index is 400. The second kappa shape index (κ2) is 6.56. The number of halogens is 2. The maximum Gasteiger partial charge on any atom is 0.339 e. The Morgan fingerprint density at radius 1 is 1.50 bits per heavy atom. The van der Waals surface area contributed by atoms with E-state index in [9.17, 15) is 4.79 Å². The van der Waals surface area contributed by atoms with E-state index >= 15 is 0 Å². The van der Waals surface area contributed by atoms with Gasteiger partial charge in [-0.2, -0.15) is 0 Å². The lowest BCUT2D eigenvalue weighted by molar-refractivity contribution is 0.0601. The van der Waals surface area contributed by atoms with Crippen LogP contribution in [-0.4, -0.2) is 19.0 Å². The monoisotopic (exact) mass is 258 g/mol. The SMILES string of the molecule is COC(=O)c1cc(C=CCCCl)ccc1Cl. The van der Waals surface area contributed by atoms with E-state index in [1.807, 2.05) is 18.2 Å². The number of carbonyl (C=O) groups is 1. The third-order valence-electron chi connectivity index (χ3n) is 1.98. The lowest BCUT2D eigenvalue weighted by Crippen LogP contribution is -2.02. The van der Waals surface area contributed by atoms with Crippen LogP contribution in [0.15, 0.2) is 24.3 Å². The smallest absolute Gasteiger partial charge is 0.339 e. The molecule has 0 radical (unpaired) electrons. The molecule has 0 heterocycles. The Morgan fingerprint density at radius 2 is 2.25 bits per heavy atom. The van der Waals surface area contributed by atoms with Gasteiger partial charge < -0.3 is 4.74 Å². The number of ether oxygens (including phenoxy) is 1. The van der Waals surface area contributed by atoms with Crippen LogP contribution in [0.2, 0.25) is 5.02 Å². The highest BCUT2D eigenvalue weighted by Gasteiger charge is 2.10. The Hall–Kier alpha value is -0.990. The molecular weight excluding hydrogens is 247 g/mol. The molecule has 0 amide bonds. The Morgan fingerprint density at radius 3 is 2.88 bits per heavy atom. The maximum absolute atomic E-state index is 11.4. The first-order valence-electron chi connectivity index (χ1n) is 4.79. The van der Waals surface area contributed by atoms with Gasteiger partial charge >= 0.3 is 5.97 Å². The number of methoxy groups -OCH3 is 1. The summed E-state index contributed by atoms with van der Waals surface area (Å²) in [4.78, 5) is 11.4. The van der Waals surface area contributed by atoms with Gasteiger partial charge in [0, 0.05) is 5.88 Å². The van der Waals surface area contributed by atoms with Crippen LogP contribution < -0.4 is 0 Å². The van der Waals surface area contributed by atoms with Crippen LogP contribution in [0, 0.1) is 0 Å². The van der Waals surface area contributed by atoms with E-state index in [-0.39, 0.29) is 0 Å². The molecule has 0 bridgehead atoms. The summed E-state index contributed by atoms with van der Waals surface area (Å²) < 4.78 is 4.63. The summed E-state index contributed by atoms with van der Waals surface area (Å²) in [5, 5.41) is 0.390. The number of hydrogen-bond donors (Lipinski definition) is 0. The molecule has 0 fully saturated rings. The minimum atomic E-state index is -0.433. The lowest BCUT2D eigenvalue weighted by atomic mass is 10.1. The van der Waals surface area contributed by atoms with Crippen LogP contribution in [0.3, 0.4) is 0 Å². The van der Waals surface area contributed by atoms with E-state index in [0.29, 0.717) is 16.5 Å². The molecule has 0 atom stereocenters. The van der Waals surface area contributed by atoms with Crippen molar-refractivity contribution in [1.82, 2.24) is 0 Å². The van der Waals surface area contributed by atoms with Crippen molar-refractivity contribution in [1.29, 1.82) is 0 Å². The maximum atomic E-state index is 11.4. The molecule has 1 aromatic carbocycles. The van der Waals surface area contributed by atoms with Crippen molar-refractivity contribution in [3.05, 3.63) is 40.4 Å². The molecule has 0 N–H and O–H groups in total. The molecule has 0 aliphatic carbocycles. The quantitative estimate of drug-likeness (QED) is 0.607. The molecule has 1 aromatic rings. The van der Waals surface area contributed by atoms with Crippen molar-refractivity contribution in [2.75, 3.05) is 13.0 Å². The predicted molar refractivity (Wildman–Crippen MR) is 67.2 cm³/mol. The number of benzene rings is 1. The Labute approximate surface area is 105 Å². The van der Waals surface area contributed by atoms with E-state index in [4.69, 9.17) is 23.2 Å². The minimum Gasteiger partial charge on any atom is -0.465 e. The van der Waals surface area contributed by atoms with Gasteiger partial charge in [-0.15, -0.1) is 11.6 Å². The molecule has 0 aliphatic heterocycles. The fourth-order valence-corrected chi connectivity index (χ4v) is 1.52. The largest absolute Gasteiger partial charge is 0.465 e. The van der Waals surface area contributed by atoms with Crippen LogP contribution >= 0.6 is 23.2 Å². The highest BCUT2D eigenvalue weighted by atomic mass is 35.5. The second-order valence-corrected chi connectivity index (χ2v) is 3.90. The summed E-state index contributed by atoms with van der Waals surface area (Å²) in [5.74, 6) is 0.145. The molecule has 0 saturated carbocycles. The van der Waals surface area contributed by atoms with E-state index in [0.717, 1.165) is 12.0 Å². The molecule has 0 spiro atoms. The topological polar surface area (TPSA) is 26.3 Å². The van der Waals surface area contributed by atoms with Crippen LogP contribution in [0.5, 0.6) is 0 Å². The first kappa shape index (κ1) is 13.1. The first-order valence-corrected chi connectivity index (χ1v) is 5.70. The van der Waals surface area contributed by atoms with Gasteiger partial charge in [0.1, 0.15) is 0 Å². The predicted octanol–water partition coefficient (Wildman–Crippen LogP) is 3.77. The summed E-state index contributed by atoms with van der Waals surface area (Å²) in [7, 11) is 1.33.